The second-order valence-electron chi connectivity index (χ2n) is 10.4. The highest BCUT2D eigenvalue weighted by Crippen LogP contribution is 2.27. The lowest BCUT2D eigenvalue weighted by Crippen LogP contribution is -2.45. The molecule has 0 aliphatic heterocycles. The molecule has 5 aromatic rings. The smallest absolute Gasteiger partial charge is 0.270 e. The molecule has 0 radical (unpaired) electrons. The highest BCUT2D eigenvalue weighted by molar-refractivity contribution is 6.31. The van der Waals surface area contributed by atoms with Gasteiger partial charge in [0.2, 0.25) is 5.91 Å². The Morgan fingerprint density at radius 1 is 1.00 bits per heavy atom. The van der Waals surface area contributed by atoms with Crippen molar-refractivity contribution in [3.05, 3.63) is 112 Å². The summed E-state index contributed by atoms with van der Waals surface area (Å²) in [5.41, 5.74) is 3.92. The van der Waals surface area contributed by atoms with Crippen LogP contribution in [0.1, 0.15) is 41.8 Å². The van der Waals surface area contributed by atoms with Gasteiger partial charge in [0.15, 0.2) is 0 Å². The van der Waals surface area contributed by atoms with Gasteiger partial charge in [-0.2, -0.15) is 5.10 Å². The quantitative estimate of drug-likeness (QED) is 0.260. The predicted molar refractivity (Wildman–Crippen MR) is 164 cm³/mol. The van der Waals surface area contributed by atoms with Crippen LogP contribution >= 0.6 is 11.6 Å². The molecule has 0 spiro atoms. The van der Waals surface area contributed by atoms with Crippen LogP contribution in [-0.2, 0) is 18.3 Å². The van der Waals surface area contributed by atoms with E-state index < -0.39 is 17.9 Å². The fraction of sp³-hybridized carbons (Fsp3) is 0.226. The van der Waals surface area contributed by atoms with Crippen molar-refractivity contribution in [2.45, 2.75) is 39.3 Å². The van der Waals surface area contributed by atoms with E-state index in [1.54, 1.807) is 54.5 Å². The monoisotopic (exact) mass is 598 g/mol. The van der Waals surface area contributed by atoms with Crippen molar-refractivity contribution in [2.24, 2.45) is 7.05 Å². The van der Waals surface area contributed by atoms with E-state index in [2.05, 4.69) is 25.9 Å². The van der Waals surface area contributed by atoms with Gasteiger partial charge in [-0.3, -0.25) is 23.6 Å². The summed E-state index contributed by atoms with van der Waals surface area (Å²) in [7, 11) is 1.65. The molecule has 2 amide bonds. The molecule has 12 heteroatoms. The van der Waals surface area contributed by atoms with Gasteiger partial charge >= 0.3 is 0 Å². The fourth-order valence-corrected chi connectivity index (χ4v) is 4.92. The van der Waals surface area contributed by atoms with Gasteiger partial charge < -0.3 is 15.2 Å². The fourth-order valence-electron chi connectivity index (χ4n) is 4.73. The summed E-state index contributed by atoms with van der Waals surface area (Å²) in [6.07, 6.45) is 5.05. The number of carbonyl (C=O) groups is 2. The molecule has 43 heavy (non-hydrogen) atoms. The zero-order valence-corrected chi connectivity index (χ0v) is 24.9. The van der Waals surface area contributed by atoms with E-state index in [9.17, 15) is 14.4 Å². The summed E-state index contributed by atoms with van der Waals surface area (Å²) in [6.45, 7) is 5.73. The van der Waals surface area contributed by atoms with E-state index >= 15 is 0 Å². The molecular weight excluding hydrogens is 568 g/mol. The number of anilines is 1. The summed E-state index contributed by atoms with van der Waals surface area (Å²) < 4.78 is 4.92. The Labute approximate surface area is 253 Å². The zero-order chi connectivity index (χ0) is 30.7. The first kappa shape index (κ1) is 29.5. The first-order valence-electron chi connectivity index (χ1n) is 13.7. The van der Waals surface area contributed by atoms with Gasteiger partial charge in [0.05, 0.1) is 0 Å². The minimum absolute atomic E-state index is 0.00999. The Balaban J connectivity index is 1.43. The van der Waals surface area contributed by atoms with Crippen LogP contribution in [0.2, 0.25) is 5.02 Å². The normalized spacial score (nSPS) is 11.9. The number of nitrogens with zero attached hydrogens (tertiary/aromatic N) is 6. The summed E-state index contributed by atoms with van der Waals surface area (Å²) in [6, 6.07) is 16.6. The molecule has 5 rings (SSSR count). The van der Waals surface area contributed by atoms with Crippen LogP contribution in [-0.4, -0.2) is 47.0 Å². The molecule has 3 heterocycles. The third-order valence-electron chi connectivity index (χ3n) is 7.10. The van der Waals surface area contributed by atoms with E-state index in [4.69, 9.17) is 11.6 Å². The molecule has 0 bridgehead atoms. The number of amides is 2. The molecule has 2 N–H and O–H groups in total. The van der Waals surface area contributed by atoms with Crippen molar-refractivity contribution in [3.63, 3.8) is 0 Å². The maximum absolute atomic E-state index is 13.6. The first-order valence-corrected chi connectivity index (χ1v) is 14.1. The lowest BCUT2D eigenvalue weighted by Gasteiger charge is -2.20. The van der Waals surface area contributed by atoms with Crippen LogP contribution in [0.5, 0.6) is 0 Å². The van der Waals surface area contributed by atoms with Gasteiger partial charge in [0, 0.05) is 54.4 Å². The van der Waals surface area contributed by atoms with Crippen molar-refractivity contribution < 1.29 is 9.59 Å². The molecule has 0 aliphatic rings. The Morgan fingerprint density at radius 2 is 1.74 bits per heavy atom. The van der Waals surface area contributed by atoms with Gasteiger partial charge in [-0.05, 0) is 86.0 Å². The highest BCUT2D eigenvalue weighted by atomic mass is 35.5. The molecule has 1 unspecified atom stereocenters. The van der Waals surface area contributed by atoms with E-state index in [0.29, 0.717) is 22.0 Å². The zero-order valence-electron chi connectivity index (χ0n) is 24.2. The number of nitrogens with one attached hydrogen (secondary N) is 2. The lowest BCUT2D eigenvalue weighted by atomic mass is 9.99. The van der Waals surface area contributed by atoms with Crippen LogP contribution in [0.4, 0.5) is 5.69 Å². The number of hydrogen-bond acceptors (Lipinski definition) is 6. The van der Waals surface area contributed by atoms with E-state index in [1.165, 1.54) is 16.9 Å². The van der Waals surface area contributed by atoms with Gasteiger partial charge in [-0.1, -0.05) is 17.7 Å². The van der Waals surface area contributed by atoms with E-state index in [-0.39, 0.29) is 18.0 Å². The molecule has 220 valence electrons. The average molecular weight is 599 g/mol. The van der Waals surface area contributed by atoms with Crippen LogP contribution < -0.4 is 16.2 Å². The molecule has 0 saturated heterocycles. The third kappa shape index (κ3) is 6.57. The average Bonchev–Trinajstić information content (AvgIpc) is 3.62. The topological polar surface area (TPSA) is 129 Å². The lowest BCUT2D eigenvalue weighted by molar-refractivity contribution is -0.118. The minimum Gasteiger partial charge on any atom is -0.339 e. The predicted octanol–water partition coefficient (Wildman–Crippen LogP) is 4.35. The number of benzene rings is 2. The van der Waals surface area contributed by atoms with Crippen LogP contribution in [0.25, 0.3) is 16.8 Å². The van der Waals surface area contributed by atoms with Crippen molar-refractivity contribution in [2.75, 3.05) is 5.32 Å². The third-order valence-corrected chi connectivity index (χ3v) is 7.47. The van der Waals surface area contributed by atoms with Crippen LogP contribution in [0, 0.1) is 6.92 Å². The van der Waals surface area contributed by atoms with E-state index in [1.807, 2.05) is 49.6 Å². The van der Waals surface area contributed by atoms with Gasteiger partial charge in [-0.15, -0.1) is 10.2 Å². The summed E-state index contributed by atoms with van der Waals surface area (Å²) in [5, 5.41) is 18.2. The summed E-state index contributed by atoms with van der Waals surface area (Å²) in [4.78, 5) is 39.1. The molecule has 0 fully saturated rings. The van der Waals surface area contributed by atoms with Gasteiger partial charge in [0.1, 0.15) is 23.9 Å². The maximum Gasteiger partial charge on any atom is 0.270 e. The van der Waals surface area contributed by atoms with Gasteiger partial charge in [0.25, 0.3) is 11.5 Å². The number of halogens is 1. The molecule has 2 aromatic carbocycles. The number of hydrogen-bond donors (Lipinski definition) is 2. The number of carbonyl (C=O) groups excluding carboxylic acids is 2. The Morgan fingerprint density at radius 3 is 2.40 bits per heavy atom. The molecule has 3 aromatic heterocycles. The number of rotatable bonds is 9. The molecule has 1 atom stereocenters. The number of aromatic nitrogens is 6. The molecule has 11 nitrogen and oxygen atoms in total. The van der Waals surface area contributed by atoms with Crippen molar-refractivity contribution in [1.29, 1.82) is 0 Å². The summed E-state index contributed by atoms with van der Waals surface area (Å²) in [5.74, 6) is -0.134. The van der Waals surface area contributed by atoms with Crippen LogP contribution in [0.15, 0.2) is 84.2 Å². The highest BCUT2D eigenvalue weighted by Gasteiger charge is 2.25. The second-order valence-corrected chi connectivity index (χ2v) is 10.8. The summed E-state index contributed by atoms with van der Waals surface area (Å²) >= 11 is 6.61. The Hall–Kier alpha value is -5.03. The SMILES string of the molecule is Cc1nncn1-c1ccc(NC(=O)C(Cc2cc(-c3ccc(=O)n(C(C)C)c3)ccc2Cl)NC(=O)c2ccnn2C)cc1. The number of aryl methyl sites for hydroxylation is 2. The van der Waals surface area contributed by atoms with Crippen molar-refractivity contribution >= 4 is 29.1 Å². The van der Waals surface area contributed by atoms with Crippen molar-refractivity contribution in [1.82, 2.24) is 34.4 Å². The van der Waals surface area contributed by atoms with Crippen LogP contribution in [0.3, 0.4) is 0 Å². The Bertz CT molecular complexity index is 1840. The minimum atomic E-state index is -0.973. The molecular formula is C31H31ClN8O3. The second kappa shape index (κ2) is 12.5. The van der Waals surface area contributed by atoms with E-state index in [0.717, 1.165) is 22.6 Å². The Kier molecular flexibility index (Phi) is 8.53. The first-order chi connectivity index (χ1) is 20.6. The molecule has 0 aliphatic carbocycles. The molecule has 0 saturated carbocycles. The number of pyridine rings is 1. The maximum atomic E-state index is 13.6. The van der Waals surface area contributed by atoms with Crippen molar-refractivity contribution in [3.8, 4) is 16.8 Å². The van der Waals surface area contributed by atoms with Gasteiger partial charge in [-0.25, -0.2) is 0 Å². The largest absolute Gasteiger partial charge is 0.339 e. The standard InChI is InChI=1S/C31H31ClN8O3/c1-19(2)39-17-22(6-12-29(39)41)21-5-11-26(32)23(15-21)16-27(36-31(43)28-13-14-34-38(28)4)30(42)35-24-7-9-25(10-8-24)40-18-33-37-20(40)3/h5-15,17-19,27H,16H2,1-4H3,(H,35,42)(H,36,43).